The summed E-state index contributed by atoms with van der Waals surface area (Å²) in [4.78, 5) is 28.9. The SMILES string of the molecule is COc1cc(OC)cc(OCC(=O)N(Cc2ccccc2F)[C@@H](Cc2ccccc2)C(=O)NC2CCCC2)c1. The van der Waals surface area contributed by atoms with Crippen LogP contribution in [0.2, 0.25) is 0 Å². The maximum Gasteiger partial charge on any atom is 0.261 e. The van der Waals surface area contributed by atoms with Crippen LogP contribution < -0.4 is 19.5 Å². The first-order chi connectivity index (χ1) is 19.0. The van der Waals surface area contributed by atoms with Gasteiger partial charge in [0.2, 0.25) is 5.91 Å². The topological polar surface area (TPSA) is 77.1 Å². The minimum atomic E-state index is -0.858. The number of carbonyl (C=O) groups excluding carboxylic acids is 2. The van der Waals surface area contributed by atoms with Gasteiger partial charge in [-0.3, -0.25) is 9.59 Å². The number of amides is 2. The number of hydrogen-bond donors (Lipinski definition) is 1. The van der Waals surface area contributed by atoms with Gasteiger partial charge in [0.15, 0.2) is 6.61 Å². The number of benzene rings is 3. The van der Waals surface area contributed by atoms with Crippen molar-refractivity contribution in [3.8, 4) is 17.2 Å². The van der Waals surface area contributed by atoms with Crippen molar-refractivity contribution >= 4 is 11.8 Å². The highest BCUT2D eigenvalue weighted by atomic mass is 19.1. The summed E-state index contributed by atoms with van der Waals surface area (Å²) in [5.41, 5.74) is 1.22. The second-order valence-electron chi connectivity index (χ2n) is 9.65. The Morgan fingerprint density at radius 1 is 0.923 bits per heavy atom. The summed E-state index contributed by atoms with van der Waals surface area (Å²) < 4.78 is 31.2. The van der Waals surface area contributed by atoms with Crippen LogP contribution in [0.5, 0.6) is 17.2 Å². The Balaban J connectivity index is 1.63. The average Bonchev–Trinajstić information content (AvgIpc) is 3.47. The van der Waals surface area contributed by atoms with Gasteiger partial charge < -0.3 is 24.4 Å². The highest BCUT2D eigenvalue weighted by Crippen LogP contribution is 2.28. The van der Waals surface area contributed by atoms with Crippen LogP contribution in [0.15, 0.2) is 72.8 Å². The molecule has 0 aromatic heterocycles. The van der Waals surface area contributed by atoms with Crippen molar-refractivity contribution in [3.63, 3.8) is 0 Å². The fraction of sp³-hybridized carbons (Fsp3) is 0.355. The van der Waals surface area contributed by atoms with E-state index in [-0.39, 0.29) is 31.5 Å². The van der Waals surface area contributed by atoms with Crippen LogP contribution in [-0.2, 0) is 22.6 Å². The smallest absolute Gasteiger partial charge is 0.261 e. The van der Waals surface area contributed by atoms with Gasteiger partial charge in [-0.1, -0.05) is 61.4 Å². The largest absolute Gasteiger partial charge is 0.496 e. The Hall–Kier alpha value is -4.07. The maximum absolute atomic E-state index is 14.8. The molecule has 206 valence electrons. The zero-order valence-electron chi connectivity index (χ0n) is 22.4. The van der Waals surface area contributed by atoms with Gasteiger partial charge in [-0.05, 0) is 24.5 Å². The predicted molar refractivity (Wildman–Crippen MR) is 146 cm³/mol. The summed E-state index contributed by atoms with van der Waals surface area (Å²) in [7, 11) is 3.05. The van der Waals surface area contributed by atoms with Crippen LogP contribution >= 0.6 is 0 Å². The maximum atomic E-state index is 14.8. The second kappa shape index (κ2) is 13.6. The van der Waals surface area contributed by atoms with Gasteiger partial charge in [0, 0.05) is 42.8 Å². The van der Waals surface area contributed by atoms with Crippen molar-refractivity contribution in [2.45, 2.75) is 50.7 Å². The van der Waals surface area contributed by atoms with E-state index in [2.05, 4.69) is 5.32 Å². The van der Waals surface area contributed by atoms with Crippen molar-refractivity contribution in [1.82, 2.24) is 10.2 Å². The lowest BCUT2D eigenvalue weighted by Crippen LogP contribution is -2.53. The summed E-state index contributed by atoms with van der Waals surface area (Å²) in [5, 5.41) is 3.14. The quantitative estimate of drug-likeness (QED) is 0.357. The molecule has 4 rings (SSSR count). The van der Waals surface area contributed by atoms with Gasteiger partial charge in [-0.15, -0.1) is 0 Å². The van der Waals surface area contributed by atoms with E-state index in [0.717, 1.165) is 31.2 Å². The Morgan fingerprint density at radius 3 is 2.18 bits per heavy atom. The molecule has 1 aliphatic rings. The molecule has 1 N–H and O–H groups in total. The molecule has 1 fully saturated rings. The molecule has 0 saturated heterocycles. The predicted octanol–water partition coefficient (Wildman–Crippen LogP) is 4.92. The second-order valence-corrected chi connectivity index (χ2v) is 9.65. The zero-order chi connectivity index (χ0) is 27.6. The standard InChI is InChI=1S/C31H35FN2O5/c1-37-25-17-26(38-2)19-27(18-25)39-21-30(35)34(20-23-12-6-9-15-28(23)32)29(16-22-10-4-3-5-11-22)31(36)33-24-13-7-8-14-24/h3-6,9-12,15,17-19,24,29H,7-8,13-14,16,20-21H2,1-2H3,(H,33,36)/t29-/m0/s1. The molecular weight excluding hydrogens is 499 g/mol. The van der Waals surface area contributed by atoms with Crippen molar-refractivity contribution in [1.29, 1.82) is 0 Å². The number of carbonyl (C=O) groups is 2. The summed E-state index contributed by atoms with van der Waals surface area (Å²) in [5.74, 6) is 0.265. The molecule has 0 spiro atoms. The summed E-state index contributed by atoms with van der Waals surface area (Å²) in [6.45, 7) is -0.432. The lowest BCUT2D eigenvalue weighted by Gasteiger charge is -2.32. The number of rotatable bonds is 12. The number of halogens is 1. The first kappa shape index (κ1) is 28.0. The van der Waals surface area contributed by atoms with Crippen LogP contribution in [0.25, 0.3) is 0 Å². The van der Waals surface area contributed by atoms with Crippen molar-refractivity contribution in [2.24, 2.45) is 0 Å². The molecule has 1 aliphatic carbocycles. The Bertz CT molecular complexity index is 1220. The van der Waals surface area contributed by atoms with E-state index in [4.69, 9.17) is 14.2 Å². The van der Waals surface area contributed by atoms with E-state index >= 15 is 0 Å². The van der Waals surface area contributed by atoms with Crippen LogP contribution in [0.1, 0.15) is 36.8 Å². The first-order valence-electron chi connectivity index (χ1n) is 13.2. The highest BCUT2D eigenvalue weighted by Gasteiger charge is 2.33. The Morgan fingerprint density at radius 2 is 1.54 bits per heavy atom. The van der Waals surface area contributed by atoms with Gasteiger partial charge in [0.25, 0.3) is 5.91 Å². The molecule has 8 heteroatoms. The van der Waals surface area contributed by atoms with Gasteiger partial charge in [0.1, 0.15) is 29.1 Å². The first-order valence-corrected chi connectivity index (χ1v) is 13.2. The molecular formula is C31H35FN2O5. The van der Waals surface area contributed by atoms with E-state index in [1.807, 2.05) is 30.3 Å². The molecule has 1 saturated carbocycles. The summed E-state index contributed by atoms with van der Waals surface area (Å²) in [6, 6.07) is 20.0. The van der Waals surface area contributed by atoms with E-state index < -0.39 is 17.8 Å². The molecule has 1 atom stereocenters. The van der Waals surface area contributed by atoms with Gasteiger partial charge >= 0.3 is 0 Å². The van der Waals surface area contributed by atoms with E-state index in [9.17, 15) is 14.0 Å². The normalized spacial score (nSPS) is 13.9. The Kier molecular flexibility index (Phi) is 9.78. The molecule has 0 radical (unpaired) electrons. The van der Waals surface area contributed by atoms with Gasteiger partial charge in [0.05, 0.1) is 14.2 Å². The molecule has 39 heavy (non-hydrogen) atoms. The van der Waals surface area contributed by atoms with Crippen LogP contribution in [0, 0.1) is 5.82 Å². The fourth-order valence-corrected chi connectivity index (χ4v) is 4.82. The number of nitrogens with one attached hydrogen (secondary N) is 1. The monoisotopic (exact) mass is 534 g/mol. The Labute approximate surface area is 228 Å². The van der Waals surface area contributed by atoms with E-state index in [1.165, 1.54) is 25.2 Å². The lowest BCUT2D eigenvalue weighted by molar-refractivity contribution is -0.143. The van der Waals surface area contributed by atoms with Crippen molar-refractivity contribution in [2.75, 3.05) is 20.8 Å². The van der Waals surface area contributed by atoms with Crippen LogP contribution in [0.3, 0.4) is 0 Å². The van der Waals surface area contributed by atoms with Gasteiger partial charge in [-0.2, -0.15) is 0 Å². The van der Waals surface area contributed by atoms with Crippen molar-refractivity contribution in [3.05, 3.63) is 89.7 Å². The molecule has 3 aromatic carbocycles. The highest BCUT2D eigenvalue weighted by molar-refractivity contribution is 5.88. The number of methoxy groups -OCH3 is 2. The van der Waals surface area contributed by atoms with Crippen LogP contribution in [-0.4, -0.2) is 49.6 Å². The molecule has 2 amide bonds. The third kappa shape index (κ3) is 7.72. The number of hydrogen-bond acceptors (Lipinski definition) is 5. The van der Waals surface area contributed by atoms with Crippen molar-refractivity contribution < 1.29 is 28.2 Å². The summed E-state index contributed by atoms with van der Waals surface area (Å²) in [6.07, 6.45) is 4.22. The lowest BCUT2D eigenvalue weighted by atomic mass is 10.0. The minimum Gasteiger partial charge on any atom is -0.496 e. The number of ether oxygens (including phenoxy) is 3. The molecule has 0 heterocycles. The third-order valence-electron chi connectivity index (χ3n) is 6.96. The molecule has 3 aromatic rings. The molecule has 0 bridgehead atoms. The van der Waals surface area contributed by atoms with Crippen LogP contribution in [0.4, 0.5) is 4.39 Å². The molecule has 0 unspecified atom stereocenters. The van der Waals surface area contributed by atoms with E-state index in [1.54, 1.807) is 36.4 Å². The fourth-order valence-electron chi connectivity index (χ4n) is 4.82. The van der Waals surface area contributed by atoms with Gasteiger partial charge in [-0.25, -0.2) is 4.39 Å². The van der Waals surface area contributed by atoms with E-state index in [0.29, 0.717) is 22.8 Å². The third-order valence-corrected chi connectivity index (χ3v) is 6.96. The zero-order valence-corrected chi connectivity index (χ0v) is 22.4. The summed E-state index contributed by atoms with van der Waals surface area (Å²) >= 11 is 0. The minimum absolute atomic E-state index is 0.0710. The number of nitrogens with zero attached hydrogens (tertiary/aromatic N) is 1. The molecule has 0 aliphatic heterocycles. The average molecular weight is 535 g/mol. The molecule has 7 nitrogen and oxygen atoms in total.